The van der Waals surface area contributed by atoms with Crippen molar-refractivity contribution in [2.45, 2.75) is 45.3 Å². The molecular weight excluding hydrogens is 296 g/mol. The zero-order valence-corrected chi connectivity index (χ0v) is 13.7. The minimum absolute atomic E-state index is 0.0763. The first-order chi connectivity index (χ1) is 10.6. The summed E-state index contributed by atoms with van der Waals surface area (Å²) >= 11 is 1.46. The second-order valence-electron chi connectivity index (χ2n) is 5.86. The van der Waals surface area contributed by atoms with Gasteiger partial charge in [0.2, 0.25) is 0 Å². The van der Waals surface area contributed by atoms with Crippen molar-refractivity contribution in [1.29, 1.82) is 0 Å². The molecule has 0 bridgehead atoms. The van der Waals surface area contributed by atoms with E-state index in [-0.39, 0.29) is 5.91 Å². The number of aromatic nitrogens is 1. The van der Waals surface area contributed by atoms with Gasteiger partial charge in [-0.3, -0.25) is 4.79 Å². The van der Waals surface area contributed by atoms with Gasteiger partial charge in [-0.15, -0.1) is 11.3 Å². The Labute approximate surface area is 134 Å². The lowest BCUT2D eigenvalue weighted by Gasteiger charge is -2.12. The largest absolute Gasteiger partial charge is 0.486 e. The lowest BCUT2D eigenvalue weighted by atomic mass is 10.0. The first-order valence-electron chi connectivity index (χ1n) is 7.60. The maximum absolute atomic E-state index is 11.9. The van der Waals surface area contributed by atoms with Crippen LogP contribution in [0.4, 0.5) is 0 Å². The van der Waals surface area contributed by atoms with E-state index >= 15 is 0 Å². The molecule has 0 radical (unpaired) electrons. The summed E-state index contributed by atoms with van der Waals surface area (Å²) in [5.41, 5.74) is 1.68. The molecule has 1 aromatic heterocycles. The summed E-state index contributed by atoms with van der Waals surface area (Å²) in [4.78, 5) is 16.3. The molecule has 3 rings (SSSR count). The quantitative estimate of drug-likeness (QED) is 0.883. The predicted molar refractivity (Wildman–Crippen MR) is 87.5 cm³/mol. The fourth-order valence-electron chi connectivity index (χ4n) is 2.20. The highest BCUT2D eigenvalue weighted by Gasteiger charge is 2.24. The minimum atomic E-state index is -0.0763. The van der Waals surface area contributed by atoms with Crippen LogP contribution in [0.2, 0.25) is 0 Å². The molecule has 2 aromatic rings. The molecule has 0 aliphatic heterocycles. The molecule has 116 valence electrons. The Morgan fingerprint density at radius 2 is 2.18 bits per heavy atom. The normalized spacial score (nSPS) is 14.1. The Morgan fingerprint density at radius 1 is 1.41 bits per heavy atom. The van der Waals surface area contributed by atoms with E-state index in [1.165, 1.54) is 16.9 Å². The van der Waals surface area contributed by atoms with Crippen molar-refractivity contribution >= 4 is 17.2 Å². The number of nitrogens with zero attached hydrogens (tertiary/aromatic N) is 1. The molecule has 1 aliphatic rings. The van der Waals surface area contributed by atoms with Gasteiger partial charge in [0.15, 0.2) is 0 Å². The van der Waals surface area contributed by atoms with Gasteiger partial charge in [-0.25, -0.2) is 4.98 Å². The molecule has 1 heterocycles. The lowest BCUT2D eigenvalue weighted by molar-refractivity contribution is 0.0946. The van der Waals surface area contributed by atoms with Crippen LogP contribution in [0.3, 0.4) is 0 Å². The fraction of sp³-hybridized carbons (Fsp3) is 0.412. The smallest absolute Gasteiger partial charge is 0.270 e. The number of para-hydroxylation sites is 1. The summed E-state index contributed by atoms with van der Waals surface area (Å²) in [5, 5.41) is 5.56. The maximum Gasteiger partial charge on any atom is 0.270 e. The number of carbonyl (C=O) groups excluding carboxylic acids is 1. The van der Waals surface area contributed by atoms with E-state index in [4.69, 9.17) is 4.74 Å². The standard InChI is InChI=1S/C17H20N2O2S/c1-11(2)13-5-3-4-6-15(13)21-9-16-19-14(10-22-16)17(20)18-12-7-8-12/h3-6,10-12H,7-9H2,1-2H3,(H,18,20). The SMILES string of the molecule is CC(C)c1ccccc1OCc1nc(C(=O)NC2CC2)cs1. The molecule has 1 aliphatic carbocycles. The number of thiazole rings is 1. The molecule has 1 saturated carbocycles. The summed E-state index contributed by atoms with van der Waals surface area (Å²) in [6.07, 6.45) is 2.16. The number of benzene rings is 1. The number of rotatable bonds is 6. The highest BCUT2D eigenvalue weighted by molar-refractivity contribution is 7.09. The molecule has 4 nitrogen and oxygen atoms in total. The van der Waals surface area contributed by atoms with Gasteiger partial charge in [0.05, 0.1) is 0 Å². The Morgan fingerprint density at radius 3 is 2.91 bits per heavy atom. The van der Waals surface area contributed by atoms with Crippen molar-refractivity contribution in [2.24, 2.45) is 0 Å². The van der Waals surface area contributed by atoms with E-state index in [0.29, 0.717) is 24.3 Å². The fourth-order valence-corrected chi connectivity index (χ4v) is 2.88. The van der Waals surface area contributed by atoms with Crippen LogP contribution in [0, 0.1) is 0 Å². The highest BCUT2D eigenvalue weighted by Crippen LogP contribution is 2.27. The number of amides is 1. The Hall–Kier alpha value is -1.88. The third kappa shape index (κ3) is 3.65. The monoisotopic (exact) mass is 316 g/mol. The second kappa shape index (κ2) is 6.48. The number of carbonyl (C=O) groups is 1. The molecule has 0 spiro atoms. The van der Waals surface area contributed by atoms with Crippen LogP contribution < -0.4 is 10.1 Å². The van der Waals surface area contributed by atoms with Crippen LogP contribution in [0.15, 0.2) is 29.6 Å². The van der Waals surface area contributed by atoms with Gasteiger partial charge in [0, 0.05) is 11.4 Å². The zero-order chi connectivity index (χ0) is 15.5. The third-order valence-corrected chi connectivity index (χ3v) is 4.41. The van der Waals surface area contributed by atoms with Crippen LogP contribution in [-0.4, -0.2) is 16.9 Å². The van der Waals surface area contributed by atoms with Crippen LogP contribution in [0.1, 0.15) is 53.7 Å². The lowest BCUT2D eigenvalue weighted by Crippen LogP contribution is -2.25. The summed E-state index contributed by atoms with van der Waals surface area (Å²) in [6.45, 7) is 4.68. The van der Waals surface area contributed by atoms with E-state index in [2.05, 4.69) is 30.2 Å². The van der Waals surface area contributed by atoms with Crippen LogP contribution in [-0.2, 0) is 6.61 Å². The molecule has 1 aromatic carbocycles. The van der Waals surface area contributed by atoms with E-state index in [9.17, 15) is 4.79 Å². The van der Waals surface area contributed by atoms with Crippen molar-refractivity contribution in [3.05, 3.63) is 45.9 Å². The van der Waals surface area contributed by atoms with Gasteiger partial charge in [0.1, 0.15) is 23.1 Å². The number of nitrogens with one attached hydrogen (secondary N) is 1. The molecule has 1 amide bonds. The van der Waals surface area contributed by atoms with Crippen molar-refractivity contribution in [3.63, 3.8) is 0 Å². The number of hydrogen-bond donors (Lipinski definition) is 1. The highest BCUT2D eigenvalue weighted by atomic mass is 32.1. The molecular formula is C17H20N2O2S. The molecule has 5 heteroatoms. The van der Waals surface area contributed by atoms with E-state index < -0.39 is 0 Å². The van der Waals surface area contributed by atoms with Gasteiger partial charge < -0.3 is 10.1 Å². The zero-order valence-electron chi connectivity index (χ0n) is 12.8. The van der Waals surface area contributed by atoms with Crippen molar-refractivity contribution in [2.75, 3.05) is 0 Å². The molecule has 0 atom stereocenters. The van der Waals surface area contributed by atoms with Gasteiger partial charge >= 0.3 is 0 Å². The van der Waals surface area contributed by atoms with Crippen LogP contribution in [0.5, 0.6) is 5.75 Å². The first kappa shape index (κ1) is 15.0. The predicted octanol–water partition coefficient (Wildman–Crippen LogP) is 3.74. The van der Waals surface area contributed by atoms with Crippen molar-refractivity contribution in [1.82, 2.24) is 10.3 Å². The maximum atomic E-state index is 11.9. The van der Waals surface area contributed by atoms with Crippen LogP contribution >= 0.6 is 11.3 Å². The third-order valence-electron chi connectivity index (χ3n) is 3.59. The number of hydrogen-bond acceptors (Lipinski definition) is 4. The van der Waals surface area contributed by atoms with E-state index in [1.54, 1.807) is 5.38 Å². The molecule has 22 heavy (non-hydrogen) atoms. The Bertz CT molecular complexity index is 662. The molecule has 1 N–H and O–H groups in total. The van der Waals surface area contributed by atoms with Gasteiger partial charge in [-0.05, 0) is 30.4 Å². The first-order valence-corrected chi connectivity index (χ1v) is 8.48. The average Bonchev–Trinajstić information content (AvgIpc) is 3.19. The van der Waals surface area contributed by atoms with E-state index in [1.807, 2.05) is 18.2 Å². The number of ether oxygens (including phenoxy) is 1. The van der Waals surface area contributed by atoms with Crippen molar-refractivity contribution < 1.29 is 9.53 Å². The summed E-state index contributed by atoms with van der Waals surface area (Å²) in [7, 11) is 0. The summed E-state index contributed by atoms with van der Waals surface area (Å²) in [5.74, 6) is 1.22. The van der Waals surface area contributed by atoms with Crippen molar-refractivity contribution in [3.8, 4) is 5.75 Å². The van der Waals surface area contributed by atoms with E-state index in [0.717, 1.165) is 23.6 Å². The van der Waals surface area contributed by atoms with Crippen LogP contribution in [0.25, 0.3) is 0 Å². The topological polar surface area (TPSA) is 51.2 Å². The van der Waals surface area contributed by atoms with Gasteiger partial charge in [-0.1, -0.05) is 32.0 Å². The molecule has 0 saturated heterocycles. The minimum Gasteiger partial charge on any atom is -0.486 e. The molecule has 1 fully saturated rings. The summed E-state index contributed by atoms with van der Waals surface area (Å²) < 4.78 is 5.89. The Balaban J connectivity index is 1.62. The van der Waals surface area contributed by atoms with Gasteiger partial charge in [0.25, 0.3) is 5.91 Å². The molecule has 0 unspecified atom stereocenters. The second-order valence-corrected chi connectivity index (χ2v) is 6.80. The Kier molecular flexibility index (Phi) is 4.43. The average molecular weight is 316 g/mol. The van der Waals surface area contributed by atoms with Gasteiger partial charge in [-0.2, -0.15) is 0 Å². The summed E-state index contributed by atoms with van der Waals surface area (Å²) in [6, 6.07) is 8.40.